The highest BCUT2D eigenvalue weighted by Crippen LogP contribution is 2.75. The van der Waals surface area contributed by atoms with Crippen molar-refractivity contribution in [1.29, 1.82) is 0 Å². The molecule has 0 heterocycles. The van der Waals surface area contributed by atoms with E-state index in [0.29, 0.717) is 11.8 Å². The summed E-state index contributed by atoms with van der Waals surface area (Å²) < 4.78 is 0. The highest BCUT2D eigenvalue weighted by atomic mass is 16.4. The molecule has 4 unspecified atom stereocenters. The number of aliphatic hydroxyl groups is 1. The average molecular weight is 457 g/mol. The topological polar surface area (TPSA) is 57.5 Å². The first-order valence-electron chi connectivity index (χ1n) is 13.8. The Morgan fingerprint density at radius 1 is 0.879 bits per heavy atom. The van der Waals surface area contributed by atoms with Gasteiger partial charge >= 0.3 is 5.97 Å². The Bertz CT molecular complexity index is 885. The molecular weight excluding hydrogens is 408 g/mol. The van der Waals surface area contributed by atoms with Crippen LogP contribution in [0.25, 0.3) is 0 Å². The van der Waals surface area contributed by atoms with Gasteiger partial charge in [-0.1, -0.05) is 60.1 Å². The molecule has 0 bridgehead atoms. The Morgan fingerprint density at radius 2 is 1.55 bits per heavy atom. The van der Waals surface area contributed by atoms with Gasteiger partial charge in [-0.25, -0.2) is 0 Å². The van der Waals surface area contributed by atoms with Crippen molar-refractivity contribution in [2.45, 2.75) is 119 Å². The van der Waals surface area contributed by atoms with E-state index < -0.39 is 11.4 Å². The molecule has 5 rings (SSSR count). The van der Waals surface area contributed by atoms with Crippen LogP contribution in [0, 0.1) is 50.2 Å². The minimum Gasteiger partial charge on any atom is -0.481 e. The van der Waals surface area contributed by atoms with Crippen molar-refractivity contribution in [1.82, 2.24) is 0 Å². The van der Waals surface area contributed by atoms with Gasteiger partial charge in [-0.15, -0.1) is 0 Å². The average Bonchev–Trinajstić information content (AvgIpc) is 2.71. The molecule has 4 fully saturated rings. The van der Waals surface area contributed by atoms with Gasteiger partial charge in [-0.05, 0) is 109 Å². The molecule has 5 aliphatic rings. The molecule has 2 N–H and O–H groups in total. The number of carbonyl (C=O) groups is 1. The van der Waals surface area contributed by atoms with E-state index >= 15 is 0 Å². The summed E-state index contributed by atoms with van der Waals surface area (Å²) in [6, 6.07) is 0. The highest BCUT2D eigenvalue weighted by Gasteiger charge is 2.69. The molecule has 0 aromatic rings. The Balaban J connectivity index is 1.60. The molecule has 186 valence electrons. The van der Waals surface area contributed by atoms with Gasteiger partial charge in [0, 0.05) is 0 Å². The fraction of sp³-hybridized carbons (Fsp3) is 0.900. The summed E-state index contributed by atoms with van der Waals surface area (Å²) in [5.41, 5.74) is 1.68. The Labute approximate surface area is 201 Å². The van der Waals surface area contributed by atoms with E-state index in [1.165, 1.54) is 18.4 Å². The van der Waals surface area contributed by atoms with Gasteiger partial charge in [-0.2, -0.15) is 0 Å². The zero-order valence-electron chi connectivity index (χ0n) is 22.3. The van der Waals surface area contributed by atoms with E-state index in [0.717, 1.165) is 51.4 Å². The molecule has 8 atom stereocenters. The van der Waals surface area contributed by atoms with Crippen LogP contribution in [0.15, 0.2) is 11.6 Å². The van der Waals surface area contributed by atoms with Gasteiger partial charge in [-0.3, -0.25) is 4.79 Å². The van der Waals surface area contributed by atoms with Crippen molar-refractivity contribution in [3.05, 3.63) is 11.6 Å². The summed E-state index contributed by atoms with van der Waals surface area (Å²) in [4.78, 5) is 12.8. The van der Waals surface area contributed by atoms with Crippen LogP contribution in [0.1, 0.15) is 113 Å². The molecule has 0 amide bonds. The second kappa shape index (κ2) is 6.89. The summed E-state index contributed by atoms with van der Waals surface area (Å²) in [5.74, 6) is 0.807. The lowest BCUT2D eigenvalue weighted by Crippen LogP contribution is -2.65. The van der Waals surface area contributed by atoms with Gasteiger partial charge in [0.2, 0.25) is 0 Å². The normalized spacial score (nSPS) is 52.4. The fourth-order valence-corrected chi connectivity index (χ4v) is 10.6. The summed E-state index contributed by atoms with van der Waals surface area (Å²) in [6.07, 6.45) is 12.6. The van der Waals surface area contributed by atoms with E-state index in [9.17, 15) is 15.0 Å². The van der Waals surface area contributed by atoms with Crippen LogP contribution in [0.3, 0.4) is 0 Å². The van der Waals surface area contributed by atoms with E-state index in [4.69, 9.17) is 0 Å². The van der Waals surface area contributed by atoms with Crippen LogP contribution >= 0.6 is 0 Å². The first-order chi connectivity index (χ1) is 15.1. The maximum Gasteiger partial charge on any atom is 0.310 e. The molecule has 3 nitrogen and oxygen atoms in total. The van der Waals surface area contributed by atoms with Crippen molar-refractivity contribution in [2.24, 2.45) is 50.2 Å². The van der Waals surface area contributed by atoms with Gasteiger partial charge in [0.15, 0.2) is 0 Å². The summed E-state index contributed by atoms with van der Waals surface area (Å²) in [6.45, 7) is 16.9. The maximum atomic E-state index is 12.8. The van der Waals surface area contributed by atoms with Crippen LogP contribution in [-0.2, 0) is 4.79 Å². The number of hydrogen-bond acceptors (Lipinski definition) is 2. The van der Waals surface area contributed by atoms with E-state index in [1.807, 2.05) is 0 Å². The third-order valence-corrected chi connectivity index (χ3v) is 13.0. The van der Waals surface area contributed by atoms with Crippen LogP contribution < -0.4 is 0 Å². The number of carboxylic acids is 1. The number of aliphatic carboxylic acids is 1. The zero-order valence-corrected chi connectivity index (χ0v) is 22.3. The van der Waals surface area contributed by atoms with E-state index in [2.05, 4.69) is 54.5 Å². The molecule has 33 heavy (non-hydrogen) atoms. The zero-order chi connectivity index (χ0) is 24.2. The standard InChI is InChI=1S/C30H48O3/c1-25(2)14-16-30(24(32)33)17-15-28(6)19(20(30)18-25)8-9-22-27(5)12-11-23(31)26(3,4)21(27)10-13-29(22,28)7/h8,20-23,31H,9-18H2,1-7H3,(H,32,33)/t20?,21-,22?,23?,27-,28+,29+,30?/m0/s1. The lowest BCUT2D eigenvalue weighted by atomic mass is 9.33. The molecule has 3 heteroatoms. The Morgan fingerprint density at radius 3 is 2.21 bits per heavy atom. The van der Waals surface area contributed by atoms with Gasteiger partial charge < -0.3 is 10.2 Å². The molecule has 0 radical (unpaired) electrons. The first-order valence-corrected chi connectivity index (χ1v) is 13.8. The highest BCUT2D eigenvalue weighted by molar-refractivity contribution is 5.76. The van der Waals surface area contributed by atoms with E-state index in [-0.39, 0.29) is 39.1 Å². The molecule has 4 saturated carbocycles. The van der Waals surface area contributed by atoms with Crippen LogP contribution in [0.4, 0.5) is 0 Å². The summed E-state index contributed by atoms with van der Waals surface area (Å²) in [7, 11) is 0. The minimum atomic E-state index is -0.553. The quantitative estimate of drug-likeness (QED) is 0.409. The number of hydrogen-bond donors (Lipinski definition) is 2. The van der Waals surface area contributed by atoms with Crippen LogP contribution in [0.2, 0.25) is 0 Å². The smallest absolute Gasteiger partial charge is 0.310 e. The van der Waals surface area contributed by atoms with Gasteiger partial charge in [0.05, 0.1) is 11.5 Å². The number of aliphatic hydroxyl groups excluding tert-OH is 1. The van der Waals surface area contributed by atoms with Gasteiger partial charge in [0.1, 0.15) is 0 Å². The number of allylic oxidation sites excluding steroid dienone is 2. The van der Waals surface area contributed by atoms with Crippen LogP contribution in [0.5, 0.6) is 0 Å². The number of rotatable bonds is 1. The van der Waals surface area contributed by atoms with Crippen molar-refractivity contribution >= 4 is 5.97 Å². The lowest BCUT2D eigenvalue weighted by molar-refractivity contribution is -0.205. The third kappa shape index (κ3) is 2.87. The number of carboxylic acid groups (broad SMARTS) is 1. The largest absolute Gasteiger partial charge is 0.481 e. The maximum absolute atomic E-state index is 12.8. The fourth-order valence-electron chi connectivity index (χ4n) is 10.6. The monoisotopic (exact) mass is 456 g/mol. The lowest BCUT2D eigenvalue weighted by Gasteiger charge is -2.71. The molecule has 0 aromatic heterocycles. The second-order valence-corrected chi connectivity index (χ2v) is 15.1. The summed E-state index contributed by atoms with van der Waals surface area (Å²) >= 11 is 0. The molecule has 0 aliphatic heterocycles. The predicted octanol–water partition coefficient (Wildman–Crippen LogP) is 7.23. The molecule has 0 saturated heterocycles. The van der Waals surface area contributed by atoms with Crippen molar-refractivity contribution in [3.63, 3.8) is 0 Å². The molecule has 0 spiro atoms. The SMILES string of the molecule is CC1(C)CCC2(C(=O)O)CC[C@]3(C)C(=CCC4[C@@]5(C)CCC(O)C(C)(C)[C@@H]5CC[C@]43C)C2C1. The Hall–Kier alpha value is -0.830. The van der Waals surface area contributed by atoms with Crippen molar-refractivity contribution in [3.8, 4) is 0 Å². The molecule has 5 aliphatic carbocycles. The molecular formula is C30H48O3. The Kier molecular flexibility index (Phi) is 4.99. The van der Waals surface area contributed by atoms with Crippen LogP contribution in [-0.4, -0.2) is 22.3 Å². The first kappa shape index (κ1) is 23.9. The van der Waals surface area contributed by atoms with Crippen molar-refractivity contribution < 1.29 is 15.0 Å². The van der Waals surface area contributed by atoms with Crippen molar-refractivity contribution in [2.75, 3.05) is 0 Å². The van der Waals surface area contributed by atoms with Gasteiger partial charge in [0.25, 0.3) is 0 Å². The number of fused-ring (bicyclic) bond motifs is 7. The van der Waals surface area contributed by atoms with E-state index in [1.54, 1.807) is 0 Å². The third-order valence-electron chi connectivity index (χ3n) is 13.0. The summed E-state index contributed by atoms with van der Waals surface area (Å²) in [5, 5.41) is 21.4. The molecule has 0 aromatic carbocycles. The second-order valence-electron chi connectivity index (χ2n) is 15.1. The minimum absolute atomic E-state index is 0.0301. The predicted molar refractivity (Wildman–Crippen MR) is 133 cm³/mol.